The molecule has 3 rings (SSSR count). The van der Waals surface area contributed by atoms with Gasteiger partial charge in [0, 0.05) is 18.7 Å². The van der Waals surface area contributed by atoms with Crippen LogP contribution in [0, 0.1) is 5.92 Å². The van der Waals surface area contributed by atoms with Gasteiger partial charge in [-0.05, 0) is 31.2 Å². The van der Waals surface area contributed by atoms with Gasteiger partial charge in [0.05, 0.1) is 0 Å². The smallest absolute Gasteiger partial charge is 0.240 e. The van der Waals surface area contributed by atoms with Crippen LogP contribution in [0.25, 0.3) is 0 Å². The molecule has 6 nitrogen and oxygen atoms in total. The molecule has 27 heavy (non-hydrogen) atoms. The second-order valence-corrected chi connectivity index (χ2v) is 8.24. The molecular weight excluding hydrogens is 360 g/mol. The number of nitrogens with zero attached hydrogens (tertiary/aromatic N) is 2. The van der Waals surface area contributed by atoms with Crippen molar-refractivity contribution in [3.8, 4) is 0 Å². The monoisotopic (exact) mass is 386 g/mol. The fourth-order valence-electron chi connectivity index (χ4n) is 3.35. The van der Waals surface area contributed by atoms with Crippen LogP contribution in [0.4, 0.5) is 0 Å². The molecule has 1 saturated heterocycles. The van der Waals surface area contributed by atoms with Crippen molar-refractivity contribution in [1.82, 2.24) is 10.6 Å². The minimum Gasteiger partial charge on any atom is -0.352 e. The number of nitrogens with one attached hydrogen (secondary N) is 2. The Hall–Kier alpha value is -2.15. The summed E-state index contributed by atoms with van der Waals surface area (Å²) in [6.45, 7) is 2.47. The molecule has 2 amide bonds. The molecule has 0 radical (unpaired) electrons. The van der Waals surface area contributed by atoms with E-state index in [0.29, 0.717) is 17.6 Å². The zero-order valence-corrected chi connectivity index (χ0v) is 16.4. The summed E-state index contributed by atoms with van der Waals surface area (Å²) in [4.78, 5) is 24.2. The van der Waals surface area contributed by atoms with Gasteiger partial charge < -0.3 is 10.6 Å². The molecule has 1 saturated carbocycles. The molecule has 1 aromatic rings. The molecule has 1 unspecified atom stereocenters. The van der Waals surface area contributed by atoms with E-state index in [1.54, 1.807) is 0 Å². The van der Waals surface area contributed by atoms with Gasteiger partial charge in [-0.25, -0.2) is 0 Å². The van der Waals surface area contributed by atoms with E-state index in [1.165, 1.54) is 43.9 Å². The van der Waals surface area contributed by atoms with E-state index in [0.717, 1.165) is 11.3 Å². The average Bonchev–Trinajstić information content (AvgIpc) is 3.05. The maximum absolute atomic E-state index is 12.1. The van der Waals surface area contributed by atoms with Crippen molar-refractivity contribution in [2.24, 2.45) is 16.1 Å². The van der Waals surface area contributed by atoms with Gasteiger partial charge in [0.1, 0.15) is 5.25 Å². The van der Waals surface area contributed by atoms with Gasteiger partial charge in [-0.15, -0.1) is 5.10 Å². The maximum Gasteiger partial charge on any atom is 0.240 e. The number of thioether (sulfide) groups is 1. The number of amidine groups is 1. The molecule has 1 aliphatic heterocycles. The van der Waals surface area contributed by atoms with Crippen molar-refractivity contribution in [1.29, 1.82) is 0 Å². The van der Waals surface area contributed by atoms with Gasteiger partial charge in [0.2, 0.25) is 11.8 Å². The predicted molar refractivity (Wildman–Crippen MR) is 110 cm³/mol. The van der Waals surface area contributed by atoms with E-state index in [4.69, 9.17) is 0 Å². The van der Waals surface area contributed by atoms with Gasteiger partial charge >= 0.3 is 0 Å². The van der Waals surface area contributed by atoms with Gasteiger partial charge in [-0.3, -0.25) is 9.59 Å². The Kier molecular flexibility index (Phi) is 7.04. The second kappa shape index (κ2) is 9.69. The summed E-state index contributed by atoms with van der Waals surface area (Å²) in [7, 11) is 0. The minimum atomic E-state index is -0.454. The average molecular weight is 387 g/mol. The quantitative estimate of drug-likeness (QED) is 0.582. The largest absolute Gasteiger partial charge is 0.352 e. The molecule has 1 atom stereocenters. The van der Waals surface area contributed by atoms with E-state index in [9.17, 15) is 9.59 Å². The summed E-state index contributed by atoms with van der Waals surface area (Å²) in [6, 6.07) is 9.70. The molecule has 0 bridgehead atoms. The number of benzene rings is 1. The lowest BCUT2D eigenvalue weighted by Gasteiger charge is -2.20. The zero-order valence-electron chi connectivity index (χ0n) is 15.6. The third kappa shape index (κ3) is 5.92. The molecule has 2 fully saturated rings. The summed E-state index contributed by atoms with van der Waals surface area (Å²) in [5.41, 5.74) is 2.06. The maximum atomic E-state index is 12.1. The minimum absolute atomic E-state index is 0.133. The molecule has 1 aliphatic carbocycles. The number of carbonyl (C=O) groups is 2. The van der Waals surface area contributed by atoms with E-state index >= 15 is 0 Å². The predicted octanol–water partition coefficient (Wildman–Crippen LogP) is 3.24. The highest BCUT2D eigenvalue weighted by Crippen LogP contribution is 2.26. The van der Waals surface area contributed by atoms with Crippen LogP contribution >= 0.6 is 11.8 Å². The van der Waals surface area contributed by atoms with Crippen LogP contribution in [0.1, 0.15) is 51.0 Å². The zero-order chi connectivity index (χ0) is 19.1. The Morgan fingerprint density at radius 3 is 2.70 bits per heavy atom. The molecular formula is C20H26N4O2S. The van der Waals surface area contributed by atoms with Gasteiger partial charge in [0.25, 0.3) is 0 Å². The Morgan fingerprint density at radius 2 is 1.96 bits per heavy atom. The Morgan fingerprint density at radius 1 is 1.22 bits per heavy atom. The van der Waals surface area contributed by atoms with Crippen molar-refractivity contribution in [2.45, 2.75) is 57.2 Å². The number of carbonyl (C=O) groups excluding carboxylic acids is 2. The van der Waals surface area contributed by atoms with E-state index < -0.39 is 5.25 Å². The summed E-state index contributed by atoms with van der Waals surface area (Å²) < 4.78 is 0. The van der Waals surface area contributed by atoms with Crippen molar-refractivity contribution < 1.29 is 9.59 Å². The summed E-state index contributed by atoms with van der Waals surface area (Å²) >= 11 is 1.28. The first-order valence-corrected chi connectivity index (χ1v) is 10.4. The van der Waals surface area contributed by atoms with Gasteiger partial charge in [0.15, 0.2) is 5.17 Å². The van der Waals surface area contributed by atoms with E-state index in [1.807, 2.05) is 37.3 Å². The molecule has 1 aromatic carbocycles. The Bertz CT molecular complexity index is 727. The van der Waals surface area contributed by atoms with E-state index in [2.05, 4.69) is 20.8 Å². The fraction of sp³-hybridized carbons (Fsp3) is 0.500. The van der Waals surface area contributed by atoms with Crippen LogP contribution in [0.5, 0.6) is 0 Å². The topological polar surface area (TPSA) is 82.9 Å². The third-order valence-electron chi connectivity index (χ3n) is 4.97. The highest BCUT2D eigenvalue weighted by molar-refractivity contribution is 8.15. The lowest BCUT2D eigenvalue weighted by Crippen LogP contribution is -2.31. The van der Waals surface area contributed by atoms with Crippen LogP contribution < -0.4 is 10.6 Å². The number of amides is 2. The van der Waals surface area contributed by atoms with Crippen molar-refractivity contribution in [3.05, 3.63) is 35.9 Å². The molecule has 2 aliphatic rings. The summed E-state index contributed by atoms with van der Waals surface area (Å²) in [6.07, 6.45) is 6.28. The standard InChI is InChI=1S/C20H26N4O2S/c1-14(16-10-6-3-7-11-16)23-24-20-22-19(26)17(27-20)12-18(25)21-13-15-8-4-2-5-9-15/h2,4-5,8-9,16-17H,3,6-7,10-13H2,1H3,(H,21,25)(H,22,24,26)/b23-14-. The molecule has 144 valence electrons. The fourth-order valence-corrected chi connectivity index (χ4v) is 4.27. The SMILES string of the molecule is C/C(=N/N=C1/NC(=O)C(CC(=O)NCc2ccccc2)S1)C1CCCCC1. The Balaban J connectivity index is 1.48. The van der Waals surface area contributed by atoms with Crippen LogP contribution in [0.15, 0.2) is 40.5 Å². The second-order valence-electron chi connectivity index (χ2n) is 7.04. The molecule has 2 N–H and O–H groups in total. The lowest BCUT2D eigenvalue weighted by atomic mass is 9.86. The van der Waals surface area contributed by atoms with Crippen LogP contribution in [-0.4, -0.2) is 27.9 Å². The number of rotatable bonds is 6. The first-order chi connectivity index (χ1) is 13.1. The summed E-state index contributed by atoms with van der Waals surface area (Å²) in [5.74, 6) is 0.179. The highest BCUT2D eigenvalue weighted by atomic mass is 32.2. The first-order valence-electron chi connectivity index (χ1n) is 9.52. The van der Waals surface area contributed by atoms with Crippen LogP contribution in [0.2, 0.25) is 0 Å². The van der Waals surface area contributed by atoms with Gasteiger partial charge in [-0.1, -0.05) is 61.4 Å². The molecule has 7 heteroatoms. The highest BCUT2D eigenvalue weighted by Gasteiger charge is 2.32. The Labute approximate surface area is 164 Å². The number of hydrogen-bond donors (Lipinski definition) is 2. The van der Waals surface area contributed by atoms with Crippen LogP contribution in [-0.2, 0) is 16.1 Å². The first kappa shape index (κ1) is 19.6. The van der Waals surface area contributed by atoms with E-state index in [-0.39, 0.29) is 18.2 Å². The van der Waals surface area contributed by atoms with Crippen molar-refractivity contribution in [2.75, 3.05) is 0 Å². The third-order valence-corrected chi connectivity index (χ3v) is 6.05. The lowest BCUT2D eigenvalue weighted by molar-refractivity contribution is -0.125. The normalized spacial score (nSPS) is 22.7. The molecule has 0 aromatic heterocycles. The van der Waals surface area contributed by atoms with Crippen molar-refractivity contribution in [3.63, 3.8) is 0 Å². The van der Waals surface area contributed by atoms with Crippen LogP contribution in [0.3, 0.4) is 0 Å². The van der Waals surface area contributed by atoms with Gasteiger partial charge in [-0.2, -0.15) is 5.10 Å². The summed E-state index contributed by atoms with van der Waals surface area (Å²) in [5, 5.41) is 14.1. The van der Waals surface area contributed by atoms with Crippen molar-refractivity contribution >= 4 is 34.5 Å². The molecule has 0 spiro atoms. The molecule has 1 heterocycles. The number of hydrogen-bond acceptors (Lipinski definition) is 5.